The Kier molecular flexibility index (Phi) is 6.97. The average Bonchev–Trinajstić information content (AvgIpc) is 2.61. The molecule has 0 fully saturated rings. The van der Waals surface area contributed by atoms with Crippen LogP contribution in [-0.2, 0) is 6.42 Å². The largest absolute Gasteiger partial charge is 0.313 e. The first-order valence-corrected chi connectivity index (χ1v) is 8.13. The van der Waals surface area contributed by atoms with Gasteiger partial charge in [-0.2, -0.15) is 11.8 Å². The van der Waals surface area contributed by atoms with Gasteiger partial charge in [-0.15, -0.1) is 11.3 Å². The van der Waals surface area contributed by atoms with Crippen molar-refractivity contribution in [3.05, 3.63) is 20.8 Å². The van der Waals surface area contributed by atoms with Crippen LogP contribution in [0.1, 0.15) is 18.7 Å². The van der Waals surface area contributed by atoms with Crippen molar-refractivity contribution in [3.8, 4) is 0 Å². The number of likely N-dealkylation sites (N-methyl/N-ethyl adjacent to an activating group) is 1. The maximum Gasteiger partial charge on any atom is 0.0285 e. The lowest BCUT2D eigenvalue weighted by molar-refractivity contribution is 0.576. The average molecular weight is 308 g/mol. The van der Waals surface area contributed by atoms with Crippen LogP contribution in [-0.4, -0.2) is 24.1 Å². The molecule has 0 aliphatic heterocycles. The first-order valence-electron chi connectivity index (χ1n) is 5.30. The van der Waals surface area contributed by atoms with E-state index in [1.54, 1.807) is 0 Å². The van der Waals surface area contributed by atoms with E-state index in [0.29, 0.717) is 6.04 Å². The lowest BCUT2D eigenvalue weighted by atomic mass is 10.2. The van der Waals surface area contributed by atoms with Gasteiger partial charge in [-0.25, -0.2) is 0 Å². The second-order valence-corrected chi connectivity index (χ2v) is 6.58. The van der Waals surface area contributed by atoms with Gasteiger partial charge in [0.25, 0.3) is 0 Å². The molecule has 0 aliphatic carbocycles. The van der Waals surface area contributed by atoms with Crippen LogP contribution in [0.5, 0.6) is 0 Å². The van der Waals surface area contributed by atoms with Gasteiger partial charge < -0.3 is 5.32 Å². The molecule has 1 nitrogen and oxygen atoms in total. The van der Waals surface area contributed by atoms with Crippen LogP contribution in [0.4, 0.5) is 0 Å². The second-order valence-electron chi connectivity index (χ2n) is 3.35. The summed E-state index contributed by atoms with van der Waals surface area (Å²) < 4.78 is 1.21. The molecule has 15 heavy (non-hydrogen) atoms. The minimum absolute atomic E-state index is 0.616. The number of hydrogen-bond donors (Lipinski definition) is 1. The molecule has 1 atom stereocenters. The summed E-state index contributed by atoms with van der Waals surface area (Å²) in [6.45, 7) is 5.45. The highest BCUT2D eigenvalue weighted by Gasteiger charge is 2.09. The molecule has 1 rings (SSSR count). The maximum atomic E-state index is 3.55. The van der Waals surface area contributed by atoms with Gasteiger partial charge in [0.15, 0.2) is 0 Å². The Labute approximate surface area is 109 Å². The molecular formula is C11H18BrNS2. The molecule has 1 heterocycles. The van der Waals surface area contributed by atoms with Crippen molar-refractivity contribution in [1.82, 2.24) is 5.32 Å². The monoisotopic (exact) mass is 307 g/mol. The molecule has 1 aromatic heterocycles. The number of halogens is 1. The second kappa shape index (κ2) is 7.71. The summed E-state index contributed by atoms with van der Waals surface area (Å²) in [6, 6.07) is 2.84. The fraction of sp³-hybridized carbons (Fsp3) is 0.636. The summed E-state index contributed by atoms with van der Waals surface area (Å²) in [5.74, 6) is 2.41. The first kappa shape index (κ1) is 13.6. The lowest BCUT2D eigenvalue weighted by Gasteiger charge is -2.16. The summed E-state index contributed by atoms with van der Waals surface area (Å²) >= 11 is 7.35. The Morgan fingerprint density at radius 3 is 2.87 bits per heavy atom. The number of nitrogens with one attached hydrogen (secondary N) is 1. The van der Waals surface area contributed by atoms with Gasteiger partial charge in [0.05, 0.1) is 0 Å². The molecule has 0 bridgehead atoms. The van der Waals surface area contributed by atoms with E-state index in [2.05, 4.69) is 46.5 Å². The Morgan fingerprint density at radius 1 is 1.53 bits per heavy atom. The third kappa shape index (κ3) is 5.38. The number of thioether (sulfide) groups is 1. The molecule has 86 valence electrons. The zero-order valence-corrected chi connectivity index (χ0v) is 12.5. The van der Waals surface area contributed by atoms with Crippen LogP contribution in [0.25, 0.3) is 0 Å². The highest BCUT2D eigenvalue weighted by atomic mass is 79.9. The predicted molar refractivity (Wildman–Crippen MR) is 76.2 cm³/mol. The van der Waals surface area contributed by atoms with E-state index in [-0.39, 0.29) is 0 Å². The summed E-state index contributed by atoms with van der Waals surface area (Å²) in [5, 5.41) is 5.70. The topological polar surface area (TPSA) is 12.0 Å². The standard InChI is InChI=1S/C11H18BrNS2/c1-3-13-10(8-14-4-2)6-11-5-9(12)7-15-11/h5,7,10,13H,3-4,6,8H2,1-2H3. The van der Waals surface area contributed by atoms with E-state index in [9.17, 15) is 0 Å². The van der Waals surface area contributed by atoms with Crippen molar-refractivity contribution in [2.24, 2.45) is 0 Å². The van der Waals surface area contributed by atoms with Gasteiger partial charge in [0.2, 0.25) is 0 Å². The fourth-order valence-corrected chi connectivity index (χ4v) is 3.73. The van der Waals surface area contributed by atoms with Crippen molar-refractivity contribution in [3.63, 3.8) is 0 Å². The van der Waals surface area contributed by atoms with Crippen LogP contribution in [0.3, 0.4) is 0 Å². The Balaban J connectivity index is 2.42. The lowest BCUT2D eigenvalue weighted by Crippen LogP contribution is -2.33. The summed E-state index contributed by atoms with van der Waals surface area (Å²) in [4.78, 5) is 1.46. The van der Waals surface area contributed by atoms with E-state index in [4.69, 9.17) is 0 Å². The van der Waals surface area contributed by atoms with Gasteiger partial charge >= 0.3 is 0 Å². The minimum Gasteiger partial charge on any atom is -0.313 e. The normalized spacial score (nSPS) is 13.0. The number of hydrogen-bond acceptors (Lipinski definition) is 3. The van der Waals surface area contributed by atoms with E-state index < -0.39 is 0 Å². The molecule has 0 spiro atoms. The Bertz CT molecular complexity index is 275. The van der Waals surface area contributed by atoms with Crippen LogP contribution >= 0.6 is 39.0 Å². The van der Waals surface area contributed by atoms with Gasteiger partial charge in [-0.05, 0) is 40.7 Å². The molecule has 4 heteroatoms. The Morgan fingerprint density at radius 2 is 2.33 bits per heavy atom. The van der Waals surface area contributed by atoms with E-state index >= 15 is 0 Å². The van der Waals surface area contributed by atoms with Crippen LogP contribution < -0.4 is 5.32 Å². The first-order chi connectivity index (χ1) is 7.26. The van der Waals surface area contributed by atoms with Crippen molar-refractivity contribution in [2.45, 2.75) is 26.3 Å². The van der Waals surface area contributed by atoms with Crippen molar-refractivity contribution < 1.29 is 0 Å². The van der Waals surface area contributed by atoms with Gasteiger partial charge in [0.1, 0.15) is 0 Å². The zero-order valence-electron chi connectivity index (χ0n) is 9.25. The predicted octanol–water partition coefficient (Wildman–Crippen LogP) is 3.78. The third-order valence-corrected chi connectivity index (χ3v) is 4.85. The number of thiophene rings is 1. The van der Waals surface area contributed by atoms with Gasteiger partial charge in [-0.1, -0.05) is 13.8 Å². The molecule has 0 aliphatic rings. The Hall–Kier alpha value is 0.490. The molecule has 0 amide bonds. The highest BCUT2D eigenvalue weighted by Crippen LogP contribution is 2.21. The molecule has 1 N–H and O–H groups in total. The quantitative estimate of drug-likeness (QED) is 0.822. The van der Waals surface area contributed by atoms with Crippen molar-refractivity contribution in [2.75, 3.05) is 18.1 Å². The molecule has 1 unspecified atom stereocenters. The maximum absolute atomic E-state index is 3.55. The van der Waals surface area contributed by atoms with Gasteiger partial charge in [0, 0.05) is 26.5 Å². The summed E-state index contributed by atoms with van der Waals surface area (Å²) in [7, 11) is 0. The molecule has 1 aromatic rings. The summed E-state index contributed by atoms with van der Waals surface area (Å²) in [5.41, 5.74) is 0. The van der Waals surface area contributed by atoms with E-state index in [1.165, 1.54) is 20.9 Å². The van der Waals surface area contributed by atoms with Crippen LogP contribution in [0.2, 0.25) is 0 Å². The minimum atomic E-state index is 0.616. The highest BCUT2D eigenvalue weighted by molar-refractivity contribution is 9.10. The fourth-order valence-electron chi connectivity index (χ4n) is 1.44. The molecule has 0 saturated heterocycles. The van der Waals surface area contributed by atoms with E-state index in [0.717, 1.165) is 13.0 Å². The number of rotatable bonds is 7. The van der Waals surface area contributed by atoms with Crippen LogP contribution in [0.15, 0.2) is 15.9 Å². The molecular weight excluding hydrogens is 290 g/mol. The molecule has 0 aromatic carbocycles. The van der Waals surface area contributed by atoms with Crippen molar-refractivity contribution in [1.29, 1.82) is 0 Å². The SMILES string of the molecule is CCNC(CSCC)Cc1cc(Br)cs1. The molecule has 0 radical (unpaired) electrons. The van der Waals surface area contributed by atoms with E-state index in [1.807, 2.05) is 23.1 Å². The summed E-state index contributed by atoms with van der Waals surface area (Å²) in [6.07, 6.45) is 1.15. The smallest absolute Gasteiger partial charge is 0.0285 e. The van der Waals surface area contributed by atoms with Crippen molar-refractivity contribution >= 4 is 39.0 Å². The third-order valence-electron chi connectivity index (χ3n) is 2.09. The molecule has 0 saturated carbocycles. The van der Waals surface area contributed by atoms with Crippen LogP contribution in [0, 0.1) is 0 Å². The zero-order chi connectivity index (χ0) is 11.1. The van der Waals surface area contributed by atoms with Gasteiger partial charge in [-0.3, -0.25) is 0 Å².